The first-order valence-electron chi connectivity index (χ1n) is 6.51. The molecule has 0 bridgehead atoms. The van der Waals surface area contributed by atoms with Crippen LogP contribution in [0.5, 0.6) is 0 Å². The van der Waals surface area contributed by atoms with Gasteiger partial charge in [0.15, 0.2) is 0 Å². The highest BCUT2D eigenvalue weighted by molar-refractivity contribution is 4.76. The lowest BCUT2D eigenvalue weighted by Crippen LogP contribution is -2.43. The molecular weight excluding hydrogens is 202 g/mol. The zero-order valence-corrected chi connectivity index (χ0v) is 11.1. The molecule has 16 heavy (non-hydrogen) atoms. The first kappa shape index (κ1) is 13.9. The van der Waals surface area contributed by atoms with Crippen molar-refractivity contribution >= 4 is 0 Å². The van der Waals surface area contributed by atoms with Crippen molar-refractivity contribution in [3.8, 4) is 0 Å². The summed E-state index contributed by atoms with van der Waals surface area (Å²) in [6.07, 6.45) is 1.11. The van der Waals surface area contributed by atoms with E-state index in [9.17, 15) is 5.11 Å². The Morgan fingerprint density at radius 3 is 2.56 bits per heavy atom. The molecule has 3 heteroatoms. The summed E-state index contributed by atoms with van der Waals surface area (Å²) in [5, 5.41) is 9.84. The molecule has 0 aromatic rings. The zero-order valence-electron chi connectivity index (χ0n) is 11.1. The van der Waals surface area contributed by atoms with E-state index >= 15 is 0 Å². The van der Waals surface area contributed by atoms with Gasteiger partial charge in [-0.1, -0.05) is 13.8 Å². The third-order valence-electron chi connectivity index (χ3n) is 3.51. The minimum atomic E-state index is -0.344. The Morgan fingerprint density at radius 2 is 2.00 bits per heavy atom. The number of aliphatic hydroxyl groups is 1. The molecule has 3 unspecified atom stereocenters. The monoisotopic (exact) mass is 229 g/mol. The van der Waals surface area contributed by atoms with Gasteiger partial charge in [0.2, 0.25) is 0 Å². The summed E-state index contributed by atoms with van der Waals surface area (Å²) in [7, 11) is 0. The van der Waals surface area contributed by atoms with E-state index in [1.165, 1.54) is 6.42 Å². The molecule has 1 N–H and O–H groups in total. The van der Waals surface area contributed by atoms with Gasteiger partial charge in [-0.05, 0) is 38.6 Å². The van der Waals surface area contributed by atoms with Crippen molar-refractivity contribution in [1.29, 1.82) is 0 Å². The van der Waals surface area contributed by atoms with Gasteiger partial charge in [0.05, 0.1) is 18.8 Å². The molecule has 1 fully saturated rings. The van der Waals surface area contributed by atoms with E-state index in [4.69, 9.17) is 4.74 Å². The van der Waals surface area contributed by atoms with Crippen LogP contribution < -0.4 is 0 Å². The van der Waals surface area contributed by atoms with Crippen molar-refractivity contribution < 1.29 is 9.84 Å². The fraction of sp³-hybridized carbons (Fsp3) is 1.00. The smallest absolute Gasteiger partial charge is 0.0900 e. The summed E-state index contributed by atoms with van der Waals surface area (Å²) in [6, 6.07) is 0. The Balaban J connectivity index is 2.21. The van der Waals surface area contributed by atoms with E-state index < -0.39 is 0 Å². The number of nitrogens with zero attached hydrogens (tertiary/aromatic N) is 1. The Kier molecular flexibility index (Phi) is 5.73. The normalized spacial score (nSPS) is 29.6. The van der Waals surface area contributed by atoms with E-state index in [0.29, 0.717) is 6.61 Å². The van der Waals surface area contributed by atoms with Crippen LogP contribution in [-0.4, -0.2) is 48.5 Å². The molecule has 1 aliphatic heterocycles. The first-order valence-corrected chi connectivity index (χ1v) is 6.51. The van der Waals surface area contributed by atoms with Gasteiger partial charge >= 0.3 is 0 Å². The largest absolute Gasteiger partial charge is 0.389 e. The van der Waals surface area contributed by atoms with E-state index in [-0.39, 0.29) is 12.2 Å². The lowest BCUT2D eigenvalue weighted by molar-refractivity contribution is -0.0158. The zero-order chi connectivity index (χ0) is 12.1. The molecule has 1 heterocycles. The van der Waals surface area contributed by atoms with Crippen molar-refractivity contribution in [3.05, 3.63) is 0 Å². The Labute approximate surface area is 99.8 Å². The Hall–Kier alpha value is -0.120. The van der Waals surface area contributed by atoms with E-state index in [1.54, 1.807) is 0 Å². The van der Waals surface area contributed by atoms with Crippen LogP contribution in [0.25, 0.3) is 0 Å². The maximum atomic E-state index is 9.84. The Bertz CT molecular complexity index is 196. The molecule has 3 nitrogen and oxygen atoms in total. The number of ether oxygens (including phenoxy) is 1. The fourth-order valence-electron chi connectivity index (χ4n) is 2.17. The predicted octanol–water partition coefficient (Wildman–Crippen LogP) is 1.75. The molecule has 0 aliphatic carbocycles. The lowest BCUT2D eigenvalue weighted by atomic mass is 9.88. The molecule has 0 amide bonds. The van der Waals surface area contributed by atoms with Crippen LogP contribution in [0.2, 0.25) is 0 Å². The summed E-state index contributed by atoms with van der Waals surface area (Å²) >= 11 is 0. The van der Waals surface area contributed by atoms with Gasteiger partial charge in [0.1, 0.15) is 0 Å². The molecule has 0 aromatic heterocycles. The minimum absolute atomic E-state index is 0.204. The molecule has 96 valence electrons. The van der Waals surface area contributed by atoms with Crippen molar-refractivity contribution in [2.75, 3.05) is 26.2 Å². The molecule has 1 aliphatic rings. The van der Waals surface area contributed by atoms with Crippen LogP contribution in [0.1, 0.15) is 34.1 Å². The van der Waals surface area contributed by atoms with Gasteiger partial charge in [0.25, 0.3) is 0 Å². The summed E-state index contributed by atoms with van der Waals surface area (Å²) in [6.45, 7) is 12.1. The minimum Gasteiger partial charge on any atom is -0.389 e. The summed E-state index contributed by atoms with van der Waals surface area (Å²) in [4.78, 5) is 2.36. The second-order valence-electron chi connectivity index (χ2n) is 5.54. The topological polar surface area (TPSA) is 32.7 Å². The summed E-state index contributed by atoms with van der Waals surface area (Å²) in [5.41, 5.74) is 0. The van der Waals surface area contributed by atoms with Gasteiger partial charge in [-0.25, -0.2) is 0 Å². The molecule has 1 rings (SSSR count). The number of piperidine rings is 1. The standard InChI is InChI=1S/C13H27NO2/c1-10(2)16-9-13(15)8-14-6-5-11(3)12(4)7-14/h10-13,15H,5-9H2,1-4H3. The van der Waals surface area contributed by atoms with Crippen LogP contribution in [-0.2, 0) is 4.74 Å². The number of rotatable bonds is 5. The average molecular weight is 229 g/mol. The van der Waals surface area contributed by atoms with Gasteiger partial charge in [-0.2, -0.15) is 0 Å². The van der Waals surface area contributed by atoms with Crippen LogP contribution in [0, 0.1) is 11.8 Å². The van der Waals surface area contributed by atoms with Crippen LogP contribution >= 0.6 is 0 Å². The lowest BCUT2D eigenvalue weighted by Gasteiger charge is -2.36. The van der Waals surface area contributed by atoms with Crippen molar-refractivity contribution in [2.45, 2.75) is 46.3 Å². The van der Waals surface area contributed by atoms with Crippen molar-refractivity contribution in [1.82, 2.24) is 4.90 Å². The highest BCUT2D eigenvalue weighted by atomic mass is 16.5. The molecule has 0 saturated carbocycles. The van der Waals surface area contributed by atoms with Gasteiger partial charge in [-0.15, -0.1) is 0 Å². The van der Waals surface area contributed by atoms with Gasteiger partial charge in [-0.3, -0.25) is 0 Å². The third kappa shape index (κ3) is 4.81. The van der Waals surface area contributed by atoms with Gasteiger partial charge < -0.3 is 14.7 Å². The second kappa shape index (κ2) is 6.58. The van der Waals surface area contributed by atoms with Crippen LogP contribution in [0.4, 0.5) is 0 Å². The number of β-amino-alcohol motifs (C(OH)–C–C–N with tert-alkyl or cyclic N) is 1. The van der Waals surface area contributed by atoms with Crippen LogP contribution in [0.15, 0.2) is 0 Å². The van der Waals surface area contributed by atoms with Crippen molar-refractivity contribution in [2.24, 2.45) is 11.8 Å². The first-order chi connectivity index (χ1) is 7.49. The SMILES string of the molecule is CC(C)OCC(O)CN1CCC(C)C(C)C1. The van der Waals surface area contributed by atoms with E-state index in [0.717, 1.165) is 31.5 Å². The second-order valence-corrected chi connectivity index (χ2v) is 5.54. The molecule has 1 saturated heterocycles. The fourth-order valence-corrected chi connectivity index (χ4v) is 2.17. The number of hydrogen-bond donors (Lipinski definition) is 1. The summed E-state index contributed by atoms with van der Waals surface area (Å²) < 4.78 is 5.42. The van der Waals surface area contributed by atoms with E-state index in [1.807, 2.05) is 13.8 Å². The van der Waals surface area contributed by atoms with E-state index in [2.05, 4.69) is 18.7 Å². The molecule has 3 atom stereocenters. The average Bonchev–Trinajstić information content (AvgIpc) is 2.21. The highest BCUT2D eigenvalue weighted by Gasteiger charge is 2.23. The van der Waals surface area contributed by atoms with Crippen molar-refractivity contribution in [3.63, 3.8) is 0 Å². The Morgan fingerprint density at radius 1 is 1.31 bits per heavy atom. The number of hydrogen-bond acceptors (Lipinski definition) is 3. The predicted molar refractivity (Wildman–Crippen MR) is 66.5 cm³/mol. The third-order valence-corrected chi connectivity index (χ3v) is 3.51. The summed E-state index contributed by atoms with van der Waals surface area (Å²) in [5.74, 6) is 1.56. The molecule has 0 radical (unpaired) electrons. The van der Waals surface area contributed by atoms with Crippen LogP contribution in [0.3, 0.4) is 0 Å². The van der Waals surface area contributed by atoms with Gasteiger partial charge in [0, 0.05) is 13.1 Å². The maximum absolute atomic E-state index is 9.84. The molecule has 0 spiro atoms. The molecule has 0 aromatic carbocycles. The quantitative estimate of drug-likeness (QED) is 0.779. The number of aliphatic hydroxyl groups excluding tert-OH is 1. The maximum Gasteiger partial charge on any atom is 0.0900 e. The highest BCUT2D eigenvalue weighted by Crippen LogP contribution is 2.22. The number of likely N-dealkylation sites (tertiary alicyclic amines) is 1. The molecular formula is C13H27NO2.